The summed E-state index contributed by atoms with van der Waals surface area (Å²) in [5.74, 6) is 0.554. The molecule has 2 aromatic carbocycles. The molecule has 4 heteroatoms. The Balaban J connectivity index is 1.72. The van der Waals surface area contributed by atoms with E-state index >= 15 is 0 Å². The average molecular weight is 258 g/mol. The van der Waals surface area contributed by atoms with Crippen molar-refractivity contribution in [1.82, 2.24) is 4.72 Å². The minimum atomic E-state index is -0.0736. The van der Waals surface area contributed by atoms with Crippen LogP contribution < -0.4 is 10.0 Å². The van der Waals surface area contributed by atoms with Gasteiger partial charge in [-0.2, -0.15) is 0 Å². The van der Waals surface area contributed by atoms with Crippen LogP contribution in [0.15, 0.2) is 60.7 Å². The van der Waals surface area contributed by atoms with Crippen LogP contribution in [0.3, 0.4) is 0 Å². The number of benzene rings is 2. The molecule has 18 heavy (non-hydrogen) atoms. The van der Waals surface area contributed by atoms with Crippen molar-refractivity contribution in [1.29, 1.82) is 0 Å². The van der Waals surface area contributed by atoms with Gasteiger partial charge in [0, 0.05) is 11.3 Å². The molecule has 92 valence electrons. The Bertz CT molecular complexity index is 488. The largest absolute Gasteiger partial charge is 0.374 e. The van der Waals surface area contributed by atoms with Gasteiger partial charge in [0.25, 0.3) is 5.91 Å². The highest BCUT2D eigenvalue weighted by Crippen LogP contribution is 2.07. The summed E-state index contributed by atoms with van der Waals surface area (Å²) in [7, 11) is 0. The third kappa shape index (κ3) is 3.82. The van der Waals surface area contributed by atoms with Gasteiger partial charge in [0.15, 0.2) is 0 Å². The number of anilines is 1. The zero-order chi connectivity index (χ0) is 12.6. The molecule has 0 saturated heterocycles. The molecule has 0 aliphatic rings. The van der Waals surface area contributed by atoms with Gasteiger partial charge < -0.3 is 5.32 Å². The number of hydrogen-bond acceptors (Lipinski definition) is 3. The zero-order valence-electron chi connectivity index (χ0n) is 9.80. The van der Waals surface area contributed by atoms with E-state index in [0.717, 1.165) is 5.69 Å². The van der Waals surface area contributed by atoms with Crippen LogP contribution in [-0.2, 0) is 0 Å². The number of hydrogen-bond donors (Lipinski definition) is 2. The normalized spacial score (nSPS) is 9.78. The van der Waals surface area contributed by atoms with E-state index in [2.05, 4.69) is 10.0 Å². The van der Waals surface area contributed by atoms with Gasteiger partial charge in [-0.15, -0.1) is 0 Å². The Morgan fingerprint density at radius 2 is 1.56 bits per heavy atom. The van der Waals surface area contributed by atoms with Crippen LogP contribution in [-0.4, -0.2) is 11.8 Å². The molecular weight excluding hydrogens is 244 g/mol. The summed E-state index contributed by atoms with van der Waals surface area (Å²) < 4.78 is 2.78. The van der Waals surface area contributed by atoms with Crippen molar-refractivity contribution in [3.63, 3.8) is 0 Å². The summed E-state index contributed by atoms with van der Waals surface area (Å²) in [6.07, 6.45) is 0. The van der Waals surface area contributed by atoms with Gasteiger partial charge in [-0.1, -0.05) is 36.4 Å². The highest BCUT2D eigenvalue weighted by atomic mass is 32.2. The van der Waals surface area contributed by atoms with Crippen molar-refractivity contribution in [2.45, 2.75) is 0 Å². The Labute approximate surface area is 111 Å². The van der Waals surface area contributed by atoms with E-state index in [1.54, 1.807) is 12.1 Å². The van der Waals surface area contributed by atoms with Crippen LogP contribution in [0.2, 0.25) is 0 Å². The first-order valence-corrected chi connectivity index (χ1v) is 6.61. The maximum atomic E-state index is 11.7. The fourth-order valence-electron chi connectivity index (χ4n) is 1.43. The molecule has 0 aliphatic heterocycles. The summed E-state index contributed by atoms with van der Waals surface area (Å²) in [5, 5.41) is 3.20. The molecule has 0 spiro atoms. The molecule has 3 nitrogen and oxygen atoms in total. The van der Waals surface area contributed by atoms with Crippen molar-refractivity contribution >= 4 is 23.5 Å². The molecule has 0 aromatic heterocycles. The Morgan fingerprint density at radius 1 is 0.944 bits per heavy atom. The van der Waals surface area contributed by atoms with Gasteiger partial charge >= 0.3 is 0 Å². The highest BCUT2D eigenvalue weighted by Gasteiger charge is 2.02. The minimum Gasteiger partial charge on any atom is -0.374 e. The SMILES string of the molecule is O=C(NSCNc1ccccc1)c1ccccc1. The second-order valence-corrected chi connectivity index (χ2v) is 4.41. The Morgan fingerprint density at radius 3 is 2.22 bits per heavy atom. The first-order valence-electron chi connectivity index (χ1n) is 5.62. The van der Waals surface area contributed by atoms with Crippen LogP contribution in [0, 0.1) is 0 Å². The molecule has 1 amide bonds. The van der Waals surface area contributed by atoms with Crippen molar-refractivity contribution in [3.05, 3.63) is 66.2 Å². The second-order valence-electron chi connectivity index (χ2n) is 3.63. The molecule has 2 aromatic rings. The van der Waals surface area contributed by atoms with Crippen molar-refractivity contribution in [2.24, 2.45) is 0 Å². The molecule has 0 aliphatic carbocycles. The van der Waals surface area contributed by atoms with Gasteiger partial charge in [-0.3, -0.25) is 9.52 Å². The number of amides is 1. The maximum Gasteiger partial charge on any atom is 0.261 e. The third-order valence-corrected chi connectivity index (χ3v) is 2.94. The van der Waals surface area contributed by atoms with Crippen LogP contribution >= 0.6 is 11.9 Å². The smallest absolute Gasteiger partial charge is 0.261 e. The molecule has 0 heterocycles. The number of para-hydroxylation sites is 1. The summed E-state index contributed by atoms with van der Waals surface area (Å²) in [6, 6.07) is 19.0. The molecule has 0 saturated carbocycles. The molecule has 0 atom stereocenters. The predicted octanol–water partition coefficient (Wildman–Crippen LogP) is 3.13. The summed E-state index contributed by atoms with van der Waals surface area (Å²) in [4.78, 5) is 11.7. The predicted molar refractivity (Wildman–Crippen MR) is 76.4 cm³/mol. The monoisotopic (exact) mass is 258 g/mol. The average Bonchev–Trinajstić information content (AvgIpc) is 2.45. The second kappa shape index (κ2) is 6.71. The van der Waals surface area contributed by atoms with E-state index in [-0.39, 0.29) is 5.91 Å². The van der Waals surface area contributed by atoms with Crippen molar-refractivity contribution < 1.29 is 4.79 Å². The molecule has 0 radical (unpaired) electrons. The van der Waals surface area contributed by atoms with E-state index in [4.69, 9.17) is 0 Å². The van der Waals surface area contributed by atoms with Gasteiger partial charge in [0.05, 0.1) is 5.88 Å². The number of nitrogens with one attached hydrogen (secondary N) is 2. The summed E-state index contributed by atoms with van der Waals surface area (Å²) >= 11 is 1.34. The van der Waals surface area contributed by atoms with Gasteiger partial charge in [0.2, 0.25) is 0 Å². The fourth-order valence-corrected chi connectivity index (χ4v) is 1.99. The standard InChI is InChI=1S/C14H14N2OS/c17-14(12-7-3-1-4-8-12)16-18-11-15-13-9-5-2-6-10-13/h1-10,15H,11H2,(H,16,17). The number of rotatable bonds is 5. The quantitative estimate of drug-likeness (QED) is 0.492. The van der Waals surface area contributed by atoms with E-state index in [1.807, 2.05) is 48.5 Å². The Kier molecular flexibility index (Phi) is 4.67. The zero-order valence-corrected chi connectivity index (χ0v) is 10.6. The summed E-state index contributed by atoms with van der Waals surface area (Å²) in [6.45, 7) is 0. The van der Waals surface area contributed by atoms with E-state index in [1.165, 1.54) is 11.9 Å². The van der Waals surface area contributed by atoms with Crippen LogP contribution in [0.1, 0.15) is 10.4 Å². The van der Waals surface area contributed by atoms with Crippen LogP contribution in [0.25, 0.3) is 0 Å². The van der Waals surface area contributed by atoms with Crippen LogP contribution in [0.4, 0.5) is 5.69 Å². The van der Waals surface area contributed by atoms with Gasteiger partial charge in [-0.05, 0) is 36.2 Å². The van der Waals surface area contributed by atoms with Crippen LogP contribution in [0.5, 0.6) is 0 Å². The molecule has 2 rings (SSSR count). The lowest BCUT2D eigenvalue weighted by molar-refractivity contribution is 0.0984. The van der Waals surface area contributed by atoms with Crippen molar-refractivity contribution in [2.75, 3.05) is 11.2 Å². The maximum absolute atomic E-state index is 11.7. The Hall–Kier alpha value is -1.94. The van der Waals surface area contributed by atoms with E-state index < -0.39 is 0 Å². The van der Waals surface area contributed by atoms with Crippen molar-refractivity contribution in [3.8, 4) is 0 Å². The highest BCUT2D eigenvalue weighted by molar-refractivity contribution is 7.98. The van der Waals surface area contributed by atoms with Gasteiger partial charge in [0.1, 0.15) is 0 Å². The topological polar surface area (TPSA) is 41.1 Å². The molecule has 0 unspecified atom stereocenters. The third-order valence-electron chi connectivity index (χ3n) is 2.32. The lowest BCUT2D eigenvalue weighted by Gasteiger charge is -2.06. The van der Waals surface area contributed by atoms with E-state index in [9.17, 15) is 4.79 Å². The first kappa shape index (κ1) is 12.5. The fraction of sp³-hybridized carbons (Fsp3) is 0.0714. The molecule has 0 fully saturated rings. The molecule has 0 bridgehead atoms. The molecular formula is C14H14N2OS. The summed E-state index contributed by atoms with van der Waals surface area (Å²) in [5.41, 5.74) is 1.71. The number of carbonyl (C=O) groups excluding carboxylic acids is 1. The lowest BCUT2D eigenvalue weighted by Crippen LogP contribution is -2.17. The number of carbonyl (C=O) groups is 1. The minimum absolute atomic E-state index is 0.0736. The molecule has 2 N–H and O–H groups in total. The first-order chi connectivity index (χ1) is 8.86. The van der Waals surface area contributed by atoms with E-state index in [0.29, 0.717) is 11.4 Å². The van der Waals surface area contributed by atoms with Gasteiger partial charge in [-0.25, -0.2) is 0 Å². The lowest BCUT2D eigenvalue weighted by atomic mass is 10.2.